The summed E-state index contributed by atoms with van der Waals surface area (Å²) in [5, 5.41) is 3.39. The van der Waals surface area contributed by atoms with Gasteiger partial charge in [0.1, 0.15) is 17.6 Å². The van der Waals surface area contributed by atoms with Crippen molar-refractivity contribution in [3.05, 3.63) is 101 Å². The highest BCUT2D eigenvalue weighted by molar-refractivity contribution is 7.88. The molecule has 2 heterocycles. The number of ketones is 1. The molecule has 2 amide bonds. The summed E-state index contributed by atoms with van der Waals surface area (Å²) >= 11 is 6.03. The van der Waals surface area contributed by atoms with Gasteiger partial charge in [-0.15, -0.1) is 0 Å². The van der Waals surface area contributed by atoms with E-state index in [2.05, 4.69) is 20.0 Å². The third kappa shape index (κ3) is 10.8. The fourth-order valence-electron chi connectivity index (χ4n) is 6.02. The largest absolute Gasteiger partial charge is 0.434 e. The van der Waals surface area contributed by atoms with Crippen LogP contribution < -0.4 is 21.5 Å². The Kier molecular flexibility index (Phi) is 13.0. The molecule has 0 bridgehead atoms. The lowest BCUT2D eigenvalue weighted by Gasteiger charge is -2.29. The third-order valence-corrected chi connectivity index (χ3v) is 9.51. The van der Waals surface area contributed by atoms with Crippen molar-refractivity contribution in [2.75, 3.05) is 19.3 Å². The molecule has 0 unspecified atom stereocenters. The minimum Gasteiger partial charge on any atom is -0.434 e. The van der Waals surface area contributed by atoms with E-state index in [1.165, 1.54) is 4.90 Å². The Morgan fingerprint density at radius 3 is 2.40 bits per heavy atom. The zero-order valence-corrected chi connectivity index (χ0v) is 30.2. The lowest BCUT2D eigenvalue weighted by Crippen LogP contribution is -2.55. The number of rotatable bonds is 17. The molecule has 1 saturated heterocycles. The van der Waals surface area contributed by atoms with E-state index in [0.717, 1.165) is 17.4 Å². The van der Waals surface area contributed by atoms with Gasteiger partial charge in [-0.05, 0) is 61.1 Å². The SMILES string of the molecule is CS(=O)(=O)N[C@H](CCc1ccccc1)C(=O)N1C[C@H](OCc2ccc(Cl)cc2)C[C@H]1C(=O)N[C@@H](CCCN=C(N)N)C(=O)c1nc2ccccc2o1. The van der Waals surface area contributed by atoms with Crippen molar-refractivity contribution in [2.24, 2.45) is 16.5 Å². The number of guanidine groups is 1. The summed E-state index contributed by atoms with van der Waals surface area (Å²) in [4.78, 5) is 51.9. The number of sulfonamides is 1. The van der Waals surface area contributed by atoms with Crippen molar-refractivity contribution < 1.29 is 32.0 Å². The maximum Gasteiger partial charge on any atom is 0.266 e. The van der Waals surface area contributed by atoms with E-state index < -0.39 is 51.9 Å². The number of aromatic nitrogens is 1. The maximum atomic E-state index is 14.3. The molecule has 0 saturated carbocycles. The lowest BCUT2D eigenvalue weighted by molar-refractivity contribution is -0.140. The van der Waals surface area contributed by atoms with Crippen LogP contribution in [0.5, 0.6) is 0 Å². The van der Waals surface area contributed by atoms with Crippen LogP contribution in [0.4, 0.5) is 0 Å². The number of hydrogen-bond donors (Lipinski definition) is 4. The third-order valence-electron chi connectivity index (χ3n) is 8.55. The van der Waals surface area contributed by atoms with E-state index >= 15 is 0 Å². The normalized spacial score (nSPS) is 17.1. The van der Waals surface area contributed by atoms with Gasteiger partial charge >= 0.3 is 0 Å². The first-order chi connectivity index (χ1) is 24.9. The fourth-order valence-corrected chi connectivity index (χ4v) is 6.88. The minimum absolute atomic E-state index is 0.00597. The second-order valence-corrected chi connectivity index (χ2v) is 14.8. The molecule has 14 nitrogen and oxygen atoms in total. The molecular weight excluding hydrogens is 710 g/mol. The highest BCUT2D eigenvalue weighted by Crippen LogP contribution is 2.25. The molecule has 3 aromatic carbocycles. The monoisotopic (exact) mass is 751 g/mol. The van der Waals surface area contributed by atoms with Gasteiger partial charge in [-0.1, -0.05) is 66.2 Å². The second kappa shape index (κ2) is 17.6. The molecule has 1 fully saturated rings. The molecule has 276 valence electrons. The molecule has 1 aromatic heterocycles. The Morgan fingerprint density at radius 2 is 1.71 bits per heavy atom. The number of para-hydroxylation sites is 2. The summed E-state index contributed by atoms with van der Waals surface area (Å²) < 4.78 is 39.3. The number of aryl methyl sites for hydroxylation is 1. The van der Waals surface area contributed by atoms with Gasteiger partial charge in [0.15, 0.2) is 11.5 Å². The van der Waals surface area contributed by atoms with Crippen LogP contribution in [0.25, 0.3) is 11.1 Å². The molecule has 4 atom stereocenters. The molecule has 6 N–H and O–H groups in total. The summed E-state index contributed by atoms with van der Waals surface area (Å²) in [6, 6.07) is 19.9. The molecule has 1 aliphatic heterocycles. The van der Waals surface area contributed by atoms with Gasteiger partial charge in [0.2, 0.25) is 27.6 Å². The number of nitrogens with two attached hydrogens (primary N) is 2. The Hall–Kier alpha value is -4.83. The number of hydrogen-bond acceptors (Lipinski definition) is 9. The number of benzene rings is 3. The van der Waals surface area contributed by atoms with Gasteiger partial charge < -0.3 is 30.8 Å². The van der Waals surface area contributed by atoms with Crippen LogP contribution >= 0.6 is 11.6 Å². The van der Waals surface area contributed by atoms with E-state index in [4.69, 9.17) is 32.2 Å². The van der Waals surface area contributed by atoms with Crippen LogP contribution in [0.2, 0.25) is 5.02 Å². The van der Waals surface area contributed by atoms with Crippen LogP contribution in [0, 0.1) is 0 Å². The average Bonchev–Trinajstić information content (AvgIpc) is 3.75. The smallest absolute Gasteiger partial charge is 0.266 e. The van der Waals surface area contributed by atoms with Crippen molar-refractivity contribution >= 4 is 56.3 Å². The van der Waals surface area contributed by atoms with E-state index in [9.17, 15) is 22.8 Å². The summed E-state index contributed by atoms with van der Waals surface area (Å²) in [5.74, 6) is -2.08. The van der Waals surface area contributed by atoms with Crippen LogP contribution in [-0.2, 0) is 37.4 Å². The number of nitrogens with one attached hydrogen (secondary N) is 2. The van der Waals surface area contributed by atoms with Gasteiger partial charge in [-0.3, -0.25) is 19.4 Å². The van der Waals surface area contributed by atoms with Gasteiger partial charge in [0.25, 0.3) is 5.89 Å². The summed E-state index contributed by atoms with van der Waals surface area (Å²) in [7, 11) is -3.82. The number of carbonyl (C=O) groups is 3. The van der Waals surface area contributed by atoms with Crippen LogP contribution in [0.15, 0.2) is 88.3 Å². The highest BCUT2D eigenvalue weighted by Gasteiger charge is 2.43. The number of ether oxygens (including phenoxy) is 1. The molecule has 0 radical (unpaired) electrons. The molecule has 0 aliphatic carbocycles. The van der Waals surface area contributed by atoms with Gasteiger partial charge in [-0.25, -0.2) is 18.1 Å². The Morgan fingerprint density at radius 1 is 1.00 bits per heavy atom. The topological polar surface area (TPSA) is 212 Å². The summed E-state index contributed by atoms with van der Waals surface area (Å²) in [6.07, 6.45) is 1.48. The minimum atomic E-state index is -3.82. The zero-order chi connectivity index (χ0) is 37.3. The predicted octanol–water partition coefficient (Wildman–Crippen LogP) is 2.94. The van der Waals surface area contributed by atoms with Gasteiger partial charge in [0.05, 0.1) is 25.0 Å². The molecule has 5 rings (SSSR count). The Balaban J connectivity index is 1.40. The number of likely N-dealkylation sites (tertiary alicyclic amines) is 1. The number of Topliss-reactive ketones (excluding diaryl/α,β-unsaturated/α-hetero) is 1. The van der Waals surface area contributed by atoms with Crippen LogP contribution in [0.3, 0.4) is 0 Å². The van der Waals surface area contributed by atoms with Crippen molar-refractivity contribution in [1.82, 2.24) is 19.9 Å². The number of aliphatic imine (C=N–C) groups is 1. The predicted molar refractivity (Wildman–Crippen MR) is 197 cm³/mol. The quantitative estimate of drug-likeness (QED) is 0.0536. The summed E-state index contributed by atoms with van der Waals surface area (Å²) in [6.45, 7) is 0.386. The van der Waals surface area contributed by atoms with Crippen LogP contribution in [0.1, 0.15) is 47.5 Å². The maximum absolute atomic E-state index is 14.3. The van der Waals surface area contributed by atoms with E-state index in [0.29, 0.717) is 29.0 Å². The van der Waals surface area contributed by atoms with E-state index in [1.54, 1.807) is 36.4 Å². The number of carbonyl (C=O) groups excluding carboxylic acids is 3. The van der Waals surface area contributed by atoms with Gasteiger partial charge in [-0.2, -0.15) is 0 Å². The number of halogens is 1. The standard InChI is InChI=1S/C36H42ClN7O7S/c1-52(48,49)43-29(18-15-23-8-3-2-4-9-23)35(47)44-21-26(50-22-24-13-16-25(37)17-14-24)20-30(44)33(46)41-28(11-7-19-40-36(38)39)32(45)34-42-27-10-5-6-12-31(27)51-34/h2-6,8-10,12-14,16-17,26,28-30,43H,7,11,15,18-22H2,1H3,(H,41,46)(H4,38,39,40)/t26-,28+,29-,30+/m1/s1. The number of nitrogens with zero attached hydrogens (tertiary/aromatic N) is 3. The fraction of sp³-hybridized carbons (Fsp3) is 0.361. The molecular formula is C36H42ClN7O7S. The first kappa shape index (κ1) is 38.4. The van der Waals surface area contributed by atoms with Crippen LogP contribution in [-0.4, -0.2) is 85.4 Å². The number of oxazole rings is 1. The molecule has 52 heavy (non-hydrogen) atoms. The van der Waals surface area contributed by atoms with E-state index in [1.807, 2.05) is 42.5 Å². The average molecular weight is 752 g/mol. The lowest BCUT2D eigenvalue weighted by atomic mass is 10.0. The summed E-state index contributed by atoms with van der Waals surface area (Å²) in [5.41, 5.74) is 13.6. The van der Waals surface area contributed by atoms with Crippen molar-refractivity contribution in [2.45, 2.75) is 62.9 Å². The molecule has 16 heteroatoms. The second-order valence-electron chi connectivity index (χ2n) is 12.6. The number of fused-ring (bicyclic) bond motifs is 1. The molecule has 0 spiro atoms. The number of amides is 2. The van der Waals surface area contributed by atoms with E-state index in [-0.39, 0.29) is 50.8 Å². The highest BCUT2D eigenvalue weighted by atomic mass is 35.5. The van der Waals surface area contributed by atoms with Crippen molar-refractivity contribution in [1.29, 1.82) is 0 Å². The first-order valence-electron chi connectivity index (χ1n) is 16.8. The van der Waals surface area contributed by atoms with Crippen molar-refractivity contribution in [3.8, 4) is 0 Å². The molecule has 1 aliphatic rings. The molecule has 4 aromatic rings. The Bertz CT molecular complexity index is 1950. The first-order valence-corrected chi connectivity index (χ1v) is 19.1. The zero-order valence-electron chi connectivity index (χ0n) is 28.6. The van der Waals surface area contributed by atoms with Gasteiger partial charge in [0, 0.05) is 24.5 Å². The Labute approximate surface area is 307 Å². The van der Waals surface area contributed by atoms with Crippen molar-refractivity contribution in [3.63, 3.8) is 0 Å².